The minimum Gasteiger partial charge on any atom is -0.347 e. The van der Waals surface area contributed by atoms with Gasteiger partial charge in [0.05, 0.1) is 6.54 Å². The number of benzene rings is 1. The molecule has 1 heterocycles. The van der Waals surface area contributed by atoms with Crippen LogP contribution < -0.4 is 5.32 Å². The van der Waals surface area contributed by atoms with Crippen LogP contribution in [0.25, 0.3) is 0 Å². The Morgan fingerprint density at radius 1 is 1.12 bits per heavy atom. The molecule has 3 aliphatic rings. The van der Waals surface area contributed by atoms with Crippen molar-refractivity contribution in [2.75, 3.05) is 32.7 Å². The zero-order valence-electron chi connectivity index (χ0n) is 20.6. The average molecular weight is 492 g/mol. The van der Waals surface area contributed by atoms with Crippen molar-refractivity contribution in [1.29, 1.82) is 0 Å². The standard InChI is InChI=1S/C27H39ClFN3O2/c1-3-19-10-20-12-21(11-19)15-27(2,14-20)16-25(33)30-17-26(34)32-8-6-31(7-9-32)18-22-13-23(28)4-5-24(22)29/h4-5,13,19-21H,3,6-12,14-18H2,1-2H3,(H,30,33). The van der Waals surface area contributed by atoms with E-state index in [1.807, 2.05) is 0 Å². The average Bonchev–Trinajstić information content (AvgIpc) is 2.79. The van der Waals surface area contributed by atoms with Crippen molar-refractivity contribution in [3.05, 3.63) is 34.6 Å². The number of hydrogen-bond acceptors (Lipinski definition) is 3. The van der Waals surface area contributed by atoms with E-state index in [9.17, 15) is 14.0 Å². The maximum Gasteiger partial charge on any atom is 0.242 e. The van der Waals surface area contributed by atoms with Crippen LogP contribution in [0.2, 0.25) is 5.02 Å². The quantitative estimate of drug-likeness (QED) is 0.592. The van der Waals surface area contributed by atoms with E-state index < -0.39 is 0 Å². The van der Waals surface area contributed by atoms with Gasteiger partial charge < -0.3 is 10.2 Å². The zero-order valence-corrected chi connectivity index (χ0v) is 21.4. The molecule has 7 heteroatoms. The van der Waals surface area contributed by atoms with Crippen LogP contribution in [-0.2, 0) is 16.1 Å². The molecule has 0 radical (unpaired) electrons. The number of amides is 2. The largest absolute Gasteiger partial charge is 0.347 e. The zero-order chi connectivity index (χ0) is 24.3. The monoisotopic (exact) mass is 491 g/mol. The van der Waals surface area contributed by atoms with Crippen molar-refractivity contribution in [2.24, 2.45) is 23.2 Å². The predicted molar refractivity (Wildman–Crippen MR) is 133 cm³/mol. The van der Waals surface area contributed by atoms with Crippen LogP contribution in [-0.4, -0.2) is 54.3 Å². The summed E-state index contributed by atoms with van der Waals surface area (Å²) < 4.78 is 14.0. The van der Waals surface area contributed by atoms with Gasteiger partial charge in [-0.2, -0.15) is 0 Å². The molecular formula is C27H39ClFN3O2. The van der Waals surface area contributed by atoms with Crippen molar-refractivity contribution < 1.29 is 14.0 Å². The van der Waals surface area contributed by atoms with Crippen LogP contribution in [0.4, 0.5) is 4.39 Å². The molecule has 1 N–H and O–H groups in total. The summed E-state index contributed by atoms with van der Waals surface area (Å²) in [5.41, 5.74) is 0.630. The lowest BCUT2D eigenvalue weighted by atomic mass is 9.58. The second-order valence-corrected chi connectivity index (χ2v) is 11.7. The fourth-order valence-corrected chi connectivity index (χ4v) is 6.98. The molecule has 2 aliphatic carbocycles. The van der Waals surface area contributed by atoms with E-state index in [4.69, 9.17) is 11.6 Å². The van der Waals surface area contributed by atoms with Gasteiger partial charge in [-0.3, -0.25) is 14.5 Å². The van der Waals surface area contributed by atoms with E-state index in [1.165, 1.54) is 31.7 Å². The molecule has 3 fully saturated rings. The van der Waals surface area contributed by atoms with E-state index in [2.05, 4.69) is 24.1 Å². The first-order chi connectivity index (χ1) is 16.2. The molecule has 4 rings (SSSR count). The normalized spacial score (nSPS) is 29.6. The van der Waals surface area contributed by atoms with Crippen LogP contribution >= 0.6 is 11.6 Å². The first-order valence-corrected chi connectivity index (χ1v) is 13.3. The molecular weight excluding hydrogens is 453 g/mol. The summed E-state index contributed by atoms with van der Waals surface area (Å²) in [6.45, 7) is 7.60. The van der Waals surface area contributed by atoms with Crippen molar-refractivity contribution in [3.63, 3.8) is 0 Å². The molecule has 188 valence electrons. The number of nitrogens with one attached hydrogen (secondary N) is 1. The van der Waals surface area contributed by atoms with E-state index >= 15 is 0 Å². The highest BCUT2D eigenvalue weighted by molar-refractivity contribution is 6.30. The van der Waals surface area contributed by atoms with Gasteiger partial charge in [0.25, 0.3) is 0 Å². The second-order valence-electron chi connectivity index (χ2n) is 11.3. The van der Waals surface area contributed by atoms with Crippen LogP contribution in [0.15, 0.2) is 18.2 Å². The van der Waals surface area contributed by atoms with Gasteiger partial charge in [-0.15, -0.1) is 0 Å². The molecule has 1 aromatic rings. The third kappa shape index (κ3) is 6.51. The number of nitrogens with zero attached hydrogens (tertiary/aromatic N) is 2. The molecule has 2 amide bonds. The van der Waals surface area contributed by atoms with Gasteiger partial charge in [-0.1, -0.05) is 31.9 Å². The highest BCUT2D eigenvalue weighted by Crippen LogP contribution is 2.52. The molecule has 2 atom stereocenters. The lowest BCUT2D eigenvalue weighted by Gasteiger charge is -2.47. The lowest BCUT2D eigenvalue weighted by Crippen LogP contribution is -2.51. The Kier molecular flexibility index (Phi) is 8.19. The molecule has 2 bridgehead atoms. The van der Waals surface area contributed by atoms with Crippen molar-refractivity contribution in [2.45, 2.75) is 65.3 Å². The maximum atomic E-state index is 14.0. The van der Waals surface area contributed by atoms with Gasteiger partial charge >= 0.3 is 0 Å². The molecule has 1 aromatic carbocycles. The van der Waals surface area contributed by atoms with Crippen LogP contribution in [0, 0.1) is 29.0 Å². The first kappa shape index (κ1) is 25.4. The number of fused-ring (bicyclic) bond motifs is 2. The Bertz CT molecular complexity index is 873. The summed E-state index contributed by atoms with van der Waals surface area (Å²) in [6, 6.07) is 4.60. The Hall–Kier alpha value is -1.66. The number of piperazine rings is 1. The van der Waals surface area contributed by atoms with Crippen LogP contribution in [0.5, 0.6) is 0 Å². The summed E-state index contributed by atoms with van der Waals surface area (Å²) in [5, 5.41) is 3.42. The molecule has 5 nitrogen and oxygen atoms in total. The summed E-state index contributed by atoms with van der Waals surface area (Å²) in [5.74, 6) is 2.08. The van der Waals surface area contributed by atoms with E-state index in [-0.39, 0.29) is 29.6 Å². The van der Waals surface area contributed by atoms with Crippen LogP contribution in [0.3, 0.4) is 0 Å². The van der Waals surface area contributed by atoms with Gasteiger partial charge in [-0.05, 0) is 73.5 Å². The Morgan fingerprint density at radius 2 is 1.79 bits per heavy atom. The third-order valence-corrected chi connectivity index (χ3v) is 8.53. The minimum absolute atomic E-state index is 0.00191. The molecule has 34 heavy (non-hydrogen) atoms. The molecule has 2 saturated carbocycles. The minimum atomic E-state index is -0.258. The van der Waals surface area contributed by atoms with E-state index in [0.29, 0.717) is 49.7 Å². The van der Waals surface area contributed by atoms with Gasteiger partial charge in [0, 0.05) is 49.7 Å². The molecule has 1 aliphatic heterocycles. The van der Waals surface area contributed by atoms with Gasteiger partial charge in [0.1, 0.15) is 5.82 Å². The summed E-state index contributed by atoms with van der Waals surface area (Å²) in [4.78, 5) is 29.3. The molecule has 1 saturated heterocycles. The van der Waals surface area contributed by atoms with Crippen molar-refractivity contribution in [1.82, 2.24) is 15.1 Å². The van der Waals surface area contributed by atoms with Crippen LogP contribution in [0.1, 0.15) is 64.4 Å². The first-order valence-electron chi connectivity index (χ1n) is 12.9. The van der Waals surface area contributed by atoms with Crippen molar-refractivity contribution in [3.8, 4) is 0 Å². The van der Waals surface area contributed by atoms with Crippen molar-refractivity contribution >= 4 is 23.4 Å². The fraction of sp³-hybridized carbons (Fsp3) is 0.704. The Balaban J connectivity index is 1.19. The van der Waals surface area contributed by atoms with E-state index in [1.54, 1.807) is 17.0 Å². The molecule has 0 aromatic heterocycles. The Labute approximate surface area is 208 Å². The summed E-state index contributed by atoms with van der Waals surface area (Å²) in [7, 11) is 0. The number of halogens is 2. The smallest absolute Gasteiger partial charge is 0.242 e. The maximum absolute atomic E-state index is 14.0. The number of rotatable bonds is 7. The van der Waals surface area contributed by atoms with Gasteiger partial charge in [0.2, 0.25) is 11.8 Å². The molecule has 2 unspecified atom stereocenters. The third-order valence-electron chi connectivity index (χ3n) is 8.29. The highest BCUT2D eigenvalue weighted by Gasteiger charge is 2.42. The lowest BCUT2D eigenvalue weighted by molar-refractivity contribution is -0.135. The van der Waals surface area contributed by atoms with Gasteiger partial charge in [0.15, 0.2) is 0 Å². The number of hydrogen-bond donors (Lipinski definition) is 1. The van der Waals surface area contributed by atoms with E-state index in [0.717, 1.165) is 30.6 Å². The SMILES string of the molecule is CCC1CC2CC(C1)CC(C)(CC(=O)NCC(=O)N1CCN(Cc3cc(Cl)ccc3F)CC1)C2. The number of carbonyl (C=O) groups excluding carboxylic acids is 2. The second kappa shape index (κ2) is 10.9. The topological polar surface area (TPSA) is 52.7 Å². The number of carbonyl (C=O) groups is 2. The summed E-state index contributed by atoms with van der Waals surface area (Å²) >= 11 is 5.99. The highest BCUT2D eigenvalue weighted by atomic mass is 35.5. The molecule has 0 spiro atoms. The fourth-order valence-electron chi connectivity index (χ4n) is 6.79. The van der Waals surface area contributed by atoms with Gasteiger partial charge in [-0.25, -0.2) is 4.39 Å². The predicted octanol–water partition coefficient (Wildman–Crippen LogP) is 4.87. The Morgan fingerprint density at radius 3 is 2.44 bits per heavy atom. The summed E-state index contributed by atoms with van der Waals surface area (Å²) in [6.07, 6.45) is 8.04.